The van der Waals surface area contributed by atoms with E-state index in [2.05, 4.69) is 15.0 Å². The summed E-state index contributed by atoms with van der Waals surface area (Å²) in [6, 6.07) is 6.88. The molecule has 0 fully saturated rings. The molecule has 2 aromatic heterocycles. The number of aryl methyl sites for hydroxylation is 1. The van der Waals surface area contributed by atoms with Crippen LogP contribution < -0.4 is 10.0 Å². The number of pyridine rings is 1. The molecule has 0 aliphatic heterocycles. The van der Waals surface area contributed by atoms with Gasteiger partial charge in [0.05, 0.1) is 11.9 Å². The van der Waals surface area contributed by atoms with Crippen molar-refractivity contribution in [1.29, 1.82) is 0 Å². The van der Waals surface area contributed by atoms with Crippen LogP contribution in [0.2, 0.25) is 0 Å². The largest absolute Gasteiger partial charge is 0.315 e. The summed E-state index contributed by atoms with van der Waals surface area (Å²) < 4.78 is 27.1. The topological polar surface area (TPSA) is 71.1 Å². The van der Waals surface area contributed by atoms with Crippen molar-refractivity contribution in [2.45, 2.75) is 17.7 Å². The second-order valence-electron chi connectivity index (χ2n) is 4.04. The summed E-state index contributed by atoms with van der Waals surface area (Å²) >= 11 is 1.25. The number of nitrogens with one attached hydrogen (secondary N) is 2. The molecule has 0 amide bonds. The monoisotopic (exact) mass is 297 g/mol. The van der Waals surface area contributed by atoms with Crippen LogP contribution in [0, 0.1) is 6.92 Å². The number of thiophene rings is 1. The van der Waals surface area contributed by atoms with Crippen LogP contribution in [0.1, 0.15) is 10.6 Å². The predicted molar refractivity (Wildman–Crippen MR) is 76.9 cm³/mol. The van der Waals surface area contributed by atoms with Crippen molar-refractivity contribution in [3.8, 4) is 0 Å². The fourth-order valence-corrected chi connectivity index (χ4v) is 3.92. The van der Waals surface area contributed by atoms with E-state index in [1.54, 1.807) is 18.2 Å². The summed E-state index contributed by atoms with van der Waals surface area (Å²) in [6.07, 6.45) is 1.51. The zero-order valence-electron chi connectivity index (χ0n) is 10.7. The second kappa shape index (κ2) is 5.68. The SMILES string of the molecule is CNCc1ccc(S(=O)(=O)Nc2ccc(C)nc2)s1. The zero-order valence-corrected chi connectivity index (χ0v) is 12.3. The first-order chi connectivity index (χ1) is 9.01. The van der Waals surface area contributed by atoms with Gasteiger partial charge >= 0.3 is 0 Å². The van der Waals surface area contributed by atoms with Gasteiger partial charge < -0.3 is 5.32 Å². The molecule has 0 saturated carbocycles. The molecule has 0 saturated heterocycles. The van der Waals surface area contributed by atoms with Crippen LogP contribution in [-0.2, 0) is 16.6 Å². The molecule has 0 radical (unpaired) electrons. The van der Waals surface area contributed by atoms with Crippen molar-refractivity contribution in [2.24, 2.45) is 0 Å². The van der Waals surface area contributed by atoms with Crippen LogP contribution in [-0.4, -0.2) is 20.4 Å². The quantitative estimate of drug-likeness (QED) is 0.885. The molecule has 5 nitrogen and oxygen atoms in total. The molecular weight excluding hydrogens is 282 g/mol. The molecule has 0 aliphatic rings. The summed E-state index contributed by atoms with van der Waals surface area (Å²) in [7, 11) is -1.70. The molecule has 19 heavy (non-hydrogen) atoms. The normalized spacial score (nSPS) is 11.5. The van der Waals surface area contributed by atoms with E-state index in [1.165, 1.54) is 17.5 Å². The second-order valence-corrected chi connectivity index (χ2v) is 7.12. The van der Waals surface area contributed by atoms with Crippen molar-refractivity contribution < 1.29 is 8.42 Å². The molecule has 2 heterocycles. The average Bonchev–Trinajstić information content (AvgIpc) is 2.82. The lowest BCUT2D eigenvalue weighted by Crippen LogP contribution is -2.11. The van der Waals surface area contributed by atoms with Gasteiger partial charge in [0.2, 0.25) is 0 Å². The number of anilines is 1. The van der Waals surface area contributed by atoms with Crippen molar-refractivity contribution in [3.63, 3.8) is 0 Å². The van der Waals surface area contributed by atoms with Crippen LogP contribution in [0.15, 0.2) is 34.7 Å². The first-order valence-electron chi connectivity index (χ1n) is 5.70. The lowest BCUT2D eigenvalue weighted by Gasteiger charge is -2.05. The molecule has 2 rings (SSSR count). The Morgan fingerprint density at radius 2 is 2.05 bits per heavy atom. The third-order valence-electron chi connectivity index (χ3n) is 2.42. The van der Waals surface area contributed by atoms with Gasteiger partial charge in [0.15, 0.2) is 0 Å². The number of hydrogen-bond acceptors (Lipinski definition) is 5. The molecule has 102 valence electrons. The number of sulfonamides is 1. The van der Waals surface area contributed by atoms with Crippen molar-refractivity contribution in [1.82, 2.24) is 10.3 Å². The van der Waals surface area contributed by atoms with Crippen molar-refractivity contribution in [3.05, 3.63) is 41.0 Å². The highest BCUT2D eigenvalue weighted by Gasteiger charge is 2.16. The molecule has 2 aromatic rings. The molecule has 0 unspecified atom stereocenters. The van der Waals surface area contributed by atoms with Gasteiger partial charge in [-0.05, 0) is 38.2 Å². The highest BCUT2D eigenvalue weighted by atomic mass is 32.2. The van der Waals surface area contributed by atoms with Crippen LogP contribution >= 0.6 is 11.3 Å². The summed E-state index contributed by atoms with van der Waals surface area (Å²) in [5.74, 6) is 0. The molecule has 0 bridgehead atoms. The Kier molecular flexibility index (Phi) is 4.18. The van der Waals surface area contributed by atoms with E-state index in [1.807, 2.05) is 20.0 Å². The number of rotatable bonds is 5. The van der Waals surface area contributed by atoms with Crippen LogP contribution in [0.5, 0.6) is 0 Å². The molecular formula is C12H15N3O2S2. The Morgan fingerprint density at radius 1 is 1.26 bits per heavy atom. The van der Waals surface area contributed by atoms with E-state index in [-0.39, 0.29) is 0 Å². The van der Waals surface area contributed by atoms with Crippen LogP contribution in [0.3, 0.4) is 0 Å². The van der Waals surface area contributed by atoms with Crippen LogP contribution in [0.25, 0.3) is 0 Å². The molecule has 7 heteroatoms. The maximum absolute atomic E-state index is 12.2. The summed E-state index contributed by atoms with van der Waals surface area (Å²) in [5, 5.41) is 2.99. The number of nitrogens with zero attached hydrogens (tertiary/aromatic N) is 1. The van der Waals surface area contributed by atoms with Crippen molar-refractivity contribution in [2.75, 3.05) is 11.8 Å². The molecule has 2 N–H and O–H groups in total. The Labute approximate surface area is 116 Å². The van der Waals surface area contributed by atoms with Gasteiger partial charge in [0, 0.05) is 17.1 Å². The maximum atomic E-state index is 12.2. The average molecular weight is 297 g/mol. The van der Waals surface area contributed by atoms with Gasteiger partial charge in [-0.1, -0.05) is 0 Å². The van der Waals surface area contributed by atoms with Crippen molar-refractivity contribution >= 4 is 27.0 Å². The fraction of sp³-hybridized carbons (Fsp3) is 0.250. The van der Waals surface area contributed by atoms with Gasteiger partial charge in [-0.25, -0.2) is 8.42 Å². The van der Waals surface area contributed by atoms with Crippen LogP contribution in [0.4, 0.5) is 5.69 Å². The first kappa shape index (κ1) is 14.0. The van der Waals surface area contributed by atoms with Gasteiger partial charge in [0.25, 0.3) is 10.0 Å². The first-order valence-corrected chi connectivity index (χ1v) is 8.00. The lowest BCUT2D eigenvalue weighted by atomic mass is 10.4. The summed E-state index contributed by atoms with van der Waals surface area (Å²) in [4.78, 5) is 5.03. The van der Waals surface area contributed by atoms with Gasteiger partial charge in [0.1, 0.15) is 4.21 Å². The number of aromatic nitrogens is 1. The van der Waals surface area contributed by atoms with Gasteiger partial charge in [-0.2, -0.15) is 0 Å². The zero-order chi connectivity index (χ0) is 13.9. The minimum atomic E-state index is -3.52. The van der Waals surface area contributed by atoms with E-state index in [9.17, 15) is 8.42 Å². The third kappa shape index (κ3) is 3.52. The maximum Gasteiger partial charge on any atom is 0.271 e. The molecule has 0 aromatic carbocycles. The number of hydrogen-bond donors (Lipinski definition) is 2. The minimum Gasteiger partial charge on any atom is -0.315 e. The fourth-order valence-electron chi connectivity index (χ4n) is 1.51. The lowest BCUT2D eigenvalue weighted by molar-refractivity contribution is 0.603. The third-order valence-corrected chi connectivity index (χ3v) is 5.37. The molecule has 0 atom stereocenters. The van der Waals surface area contributed by atoms with E-state index >= 15 is 0 Å². The highest BCUT2D eigenvalue weighted by molar-refractivity contribution is 7.94. The Bertz CT molecular complexity index is 648. The minimum absolute atomic E-state index is 0.304. The van der Waals surface area contributed by atoms with E-state index in [0.29, 0.717) is 16.4 Å². The highest BCUT2D eigenvalue weighted by Crippen LogP contribution is 2.23. The summed E-state index contributed by atoms with van der Waals surface area (Å²) in [5.41, 5.74) is 1.31. The Hall–Kier alpha value is -1.44. The van der Waals surface area contributed by atoms with Gasteiger partial charge in [-0.3, -0.25) is 9.71 Å². The van der Waals surface area contributed by atoms with E-state index < -0.39 is 10.0 Å². The summed E-state index contributed by atoms with van der Waals surface area (Å²) in [6.45, 7) is 2.51. The smallest absolute Gasteiger partial charge is 0.271 e. The molecule has 0 aliphatic carbocycles. The Morgan fingerprint density at radius 3 is 2.68 bits per heavy atom. The van der Waals surface area contributed by atoms with E-state index in [4.69, 9.17) is 0 Å². The predicted octanol–water partition coefficient (Wildman–Crippen LogP) is 1.97. The molecule has 0 spiro atoms. The van der Waals surface area contributed by atoms with E-state index in [0.717, 1.165) is 10.6 Å². The van der Waals surface area contributed by atoms with Gasteiger partial charge in [-0.15, -0.1) is 11.3 Å². The standard InChI is InChI=1S/C12H15N3O2S2/c1-9-3-4-10(7-14-9)15-19(16,17)12-6-5-11(18-12)8-13-2/h3-7,13,15H,8H2,1-2H3. The Balaban J connectivity index is 2.19.